The average Bonchev–Trinajstić information content (AvgIpc) is 2.89. The Morgan fingerprint density at radius 2 is 1.51 bits per heavy atom. The number of benzene rings is 1. The number of carboxylic acid groups (broad SMARTS) is 1. The van der Waals surface area contributed by atoms with Crippen molar-refractivity contribution in [2.75, 3.05) is 25.2 Å². The monoisotopic (exact) mass is 566 g/mol. The third kappa shape index (κ3) is 14.4. The quantitative estimate of drug-likeness (QED) is 0.180. The molecule has 0 aliphatic heterocycles. The fraction of sp³-hybridized carbons (Fsp3) is 0.593. The zero-order valence-corrected chi connectivity index (χ0v) is 24.0. The van der Waals surface area contributed by atoms with E-state index in [9.17, 15) is 24.0 Å². The number of alkyl carbamates (subject to hydrolysis) is 1. The maximum atomic E-state index is 13.3. The number of carbonyl (C=O) groups is 5. The molecule has 12 heteroatoms. The van der Waals surface area contributed by atoms with Crippen molar-refractivity contribution in [3.8, 4) is 0 Å². The van der Waals surface area contributed by atoms with Gasteiger partial charge in [0.05, 0.1) is 13.0 Å². The van der Waals surface area contributed by atoms with Crippen LogP contribution in [0.25, 0.3) is 0 Å². The van der Waals surface area contributed by atoms with Gasteiger partial charge in [0.15, 0.2) is 0 Å². The number of ether oxygens (including phenoxy) is 1. The molecular weight excluding hydrogens is 524 g/mol. The minimum atomic E-state index is -1.05. The normalized spacial score (nSPS) is 13.1. The highest BCUT2D eigenvalue weighted by Gasteiger charge is 2.29. The van der Waals surface area contributed by atoms with Crippen LogP contribution in [0.15, 0.2) is 30.3 Å². The number of carboxylic acids is 1. The molecule has 0 aromatic heterocycles. The summed E-state index contributed by atoms with van der Waals surface area (Å²) in [6, 6.07) is 6.25. The number of rotatable bonds is 18. The minimum Gasteiger partial charge on any atom is -0.481 e. The molecule has 3 atom stereocenters. The third-order valence-corrected chi connectivity index (χ3v) is 6.17. The summed E-state index contributed by atoms with van der Waals surface area (Å²) in [5, 5.41) is 19.5. The summed E-state index contributed by atoms with van der Waals surface area (Å²) in [5.74, 6) is -1.92. The molecule has 0 saturated heterocycles. The van der Waals surface area contributed by atoms with Crippen molar-refractivity contribution in [2.24, 2.45) is 5.92 Å². The summed E-state index contributed by atoms with van der Waals surface area (Å²) in [7, 11) is 0. The van der Waals surface area contributed by atoms with Crippen LogP contribution in [0, 0.1) is 5.92 Å². The van der Waals surface area contributed by atoms with E-state index < -0.39 is 47.9 Å². The van der Waals surface area contributed by atoms with Crippen LogP contribution in [0.2, 0.25) is 0 Å². The number of aliphatic carboxylic acids is 1. The van der Waals surface area contributed by atoms with Gasteiger partial charge in [0.2, 0.25) is 17.7 Å². The Morgan fingerprint density at radius 3 is 2.08 bits per heavy atom. The zero-order valence-electron chi connectivity index (χ0n) is 23.2. The molecule has 4 amide bonds. The van der Waals surface area contributed by atoms with Crippen molar-refractivity contribution in [1.29, 1.82) is 0 Å². The molecule has 0 fully saturated rings. The van der Waals surface area contributed by atoms with Gasteiger partial charge in [-0.25, -0.2) is 4.79 Å². The summed E-state index contributed by atoms with van der Waals surface area (Å²) < 4.78 is 5.15. The van der Waals surface area contributed by atoms with Gasteiger partial charge in [0, 0.05) is 13.0 Å². The Balaban J connectivity index is 2.98. The molecular formula is C27H42N4O7S. The molecule has 3 unspecified atom stereocenters. The second kappa shape index (κ2) is 18.9. The largest absolute Gasteiger partial charge is 0.481 e. The van der Waals surface area contributed by atoms with Gasteiger partial charge >= 0.3 is 12.1 Å². The van der Waals surface area contributed by atoms with Gasteiger partial charge in [-0.3, -0.25) is 19.2 Å². The second-order valence-corrected chi connectivity index (χ2v) is 10.5. The molecule has 0 heterocycles. The van der Waals surface area contributed by atoms with E-state index in [4.69, 9.17) is 9.84 Å². The molecule has 5 N–H and O–H groups in total. The summed E-state index contributed by atoms with van der Waals surface area (Å²) >= 11 is 1.52. The first-order valence-corrected chi connectivity index (χ1v) is 14.5. The Bertz CT molecular complexity index is 930. The lowest BCUT2D eigenvalue weighted by Gasteiger charge is -2.25. The number of carbonyl (C=O) groups excluding carboxylic acids is 4. The van der Waals surface area contributed by atoms with E-state index >= 15 is 0 Å². The lowest BCUT2D eigenvalue weighted by atomic mass is 10.0. The van der Waals surface area contributed by atoms with Crippen LogP contribution in [-0.4, -0.2) is 78.2 Å². The molecule has 0 spiro atoms. The molecule has 0 saturated carbocycles. The summed E-state index contributed by atoms with van der Waals surface area (Å²) in [4.78, 5) is 62.3. The molecule has 1 aromatic rings. The molecule has 0 aliphatic rings. The second-order valence-electron chi connectivity index (χ2n) is 9.51. The van der Waals surface area contributed by atoms with E-state index in [1.54, 1.807) is 0 Å². The fourth-order valence-corrected chi connectivity index (χ4v) is 3.98. The summed E-state index contributed by atoms with van der Waals surface area (Å²) in [6.07, 6.45) is 2.33. The molecule has 11 nitrogen and oxygen atoms in total. The predicted molar refractivity (Wildman–Crippen MR) is 150 cm³/mol. The van der Waals surface area contributed by atoms with E-state index in [2.05, 4.69) is 21.3 Å². The van der Waals surface area contributed by atoms with Gasteiger partial charge in [0.1, 0.15) is 18.1 Å². The topological polar surface area (TPSA) is 163 Å². The molecule has 218 valence electrons. The number of nitrogens with one attached hydrogen (secondary N) is 4. The van der Waals surface area contributed by atoms with Crippen LogP contribution in [0.1, 0.15) is 52.0 Å². The number of amides is 4. The van der Waals surface area contributed by atoms with Gasteiger partial charge in [-0.15, -0.1) is 0 Å². The maximum Gasteiger partial charge on any atom is 0.407 e. The predicted octanol–water partition coefficient (Wildman–Crippen LogP) is 2.09. The van der Waals surface area contributed by atoms with Crippen LogP contribution in [0.4, 0.5) is 4.79 Å². The van der Waals surface area contributed by atoms with Crippen LogP contribution in [0.5, 0.6) is 0 Å². The van der Waals surface area contributed by atoms with Gasteiger partial charge in [-0.1, -0.05) is 57.5 Å². The standard InChI is InChI=1S/C27H42N4O7S/c1-5-9-20(29-26(36)21(13-15-39-4)31-27(37)38-17-18(2)3)25(35)30-22(16-19-10-7-6-8-11-19)24(34)28-14-12-23(32)33/h6-8,10-11,18,20-22H,5,9,12-17H2,1-4H3,(H,28,34)(H,29,36)(H,30,35)(H,31,37)(H,32,33). The zero-order chi connectivity index (χ0) is 29.2. The number of hydrogen-bond donors (Lipinski definition) is 5. The molecule has 1 rings (SSSR count). The highest BCUT2D eigenvalue weighted by molar-refractivity contribution is 7.98. The molecule has 1 aromatic carbocycles. The highest BCUT2D eigenvalue weighted by Crippen LogP contribution is 2.07. The maximum absolute atomic E-state index is 13.3. The van der Waals surface area contributed by atoms with Crippen molar-refractivity contribution in [3.05, 3.63) is 35.9 Å². The molecule has 39 heavy (non-hydrogen) atoms. The van der Waals surface area contributed by atoms with E-state index in [1.165, 1.54) is 11.8 Å². The van der Waals surface area contributed by atoms with Crippen molar-refractivity contribution in [3.63, 3.8) is 0 Å². The SMILES string of the molecule is CCCC(NC(=O)C(CCSC)NC(=O)OCC(C)C)C(=O)NC(Cc1ccccc1)C(=O)NCCC(=O)O. The summed E-state index contributed by atoms with van der Waals surface area (Å²) in [6.45, 7) is 5.79. The Hall–Kier alpha value is -3.28. The van der Waals surface area contributed by atoms with Crippen LogP contribution in [0.3, 0.4) is 0 Å². The molecule has 0 bridgehead atoms. The van der Waals surface area contributed by atoms with Crippen LogP contribution < -0.4 is 21.3 Å². The fourth-order valence-electron chi connectivity index (χ4n) is 3.51. The smallest absolute Gasteiger partial charge is 0.407 e. The van der Waals surface area contributed by atoms with E-state index in [0.717, 1.165) is 5.56 Å². The first-order valence-electron chi connectivity index (χ1n) is 13.1. The first-order chi connectivity index (χ1) is 18.6. The summed E-state index contributed by atoms with van der Waals surface area (Å²) in [5.41, 5.74) is 0.800. The van der Waals surface area contributed by atoms with Crippen molar-refractivity contribution in [2.45, 2.75) is 71.0 Å². The van der Waals surface area contributed by atoms with Gasteiger partial charge in [-0.05, 0) is 36.3 Å². The van der Waals surface area contributed by atoms with Crippen LogP contribution >= 0.6 is 11.8 Å². The Morgan fingerprint density at radius 1 is 0.897 bits per heavy atom. The first kappa shape index (κ1) is 33.7. The Kier molecular flexibility index (Phi) is 16.3. The van der Waals surface area contributed by atoms with Crippen molar-refractivity contribution < 1.29 is 33.8 Å². The Labute approximate surface area is 234 Å². The molecule has 0 radical (unpaired) electrons. The lowest BCUT2D eigenvalue weighted by molar-refractivity contribution is -0.137. The van der Waals surface area contributed by atoms with E-state index in [1.807, 2.05) is 57.4 Å². The number of hydrogen-bond acceptors (Lipinski definition) is 7. The van der Waals surface area contributed by atoms with Gasteiger partial charge in [0.25, 0.3) is 0 Å². The van der Waals surface area contributed by atoms with Crippen molar-refractivity contribution in [1.82, 2.24) is 21.3 Å². The number of thioether (sulfide) groups is 1. The van der Waals surface area contributed by atoms with Crippen LogP contribution in [-0.2, 0) is 30.3 Å². The third-order valence-electron chi connectivity index (χ3n) is 5.53. The average molecular weight is 567 g/mol. The van der Waals surface area contributed by atoms with Gasteiger partial charge < -0.3 is 31.1 Å². The lowest BCUT2D eigenvalue weighted by Crippen LogP contribution is -2.57. The highest BCUT2D eigenvalue weighted by atomic mass is 32.2. The van der Waals surface area contributed by atoms with E-state index in [0.29, 0.717) is 25.0 Å². The van der Waals surface area contributed by atoms with Crippen molar-refractivity contribution >= 4 is 41.5 Å². The van der Waals surface area contributed by atoms with Gasteiger partial charge in [-0.2, -0.15) is 11.8 Å². The molecule has 0 aliphatic carbocycles. The van der Waals surface area contributed by atoms with E-state index in [-0.39, 0.29) is 31.9 Å². The minimum absolute atomic E-state index is 0.0832.